The van der Waals surface area contributed by atoms with Crippen LogP contribution in [0.4, 0.5) is 0 Å². The van der Waals surface area contributed by atoms with E-state index in [-0.39, 0.29) is 0 Å². The fraction of sp³-hybridized carbons (Fsp3) is 0.455. The topological polar surface area (TPSA) is 72.8 Å². The molecule has 16 heavy (non-hydrogen) atoms. The van der Waals surface area contributed by atoms with Crippen LogP contribution in [0, 0.1) is 5.92 Å². The molecule has 3 atom stereocenters. The zero-order valence-corrected chi connectivity index (χ0v) is 9.38. The van der Waals surface area contributed by atoms with Gasteiger partial charge in [0.25, 0.3) is 0 Å². The van der Waals surface area contributed by atoms with Crippen molar-refractivity contribution in [2.75, 3.05) is 0 Å². The van der Waals surface area contributed by atoms with Crippen LogP contribution in [0.2, 0.25) is 0 Å². The number of rotatable bonds is 6. The highest BCUT2D eigenvalue weighted by atomic mass is 16.6. The molecular formula is C11H16O5. The molecule has 3 unspecified atom stereocenters. The number of esters is 2. The maximum atomic E-state index is 10.9. The fourth-order valence-electron chi connectivity index (χ4n) is 0.845. The van der Waals surface area contributed by atoms with Gasteiger partial charge < -0.3 is 14.6 Å². The highest BCUT2D eigenvalue weighted by Crippen LogP contribution is 2.13. The van der Waals surface area contributed by atoms with Gasteiger partial charge in [0.05, 0.1) is 5.92 Å². The fourth-order valence-corrected chi connectivity index (χ4v) is 0.845. The van der Waals surface area contributed by atoms with Gasteiger partial charge in [-0.1, -0.05) is 20.1 Å². The van der Waals surface area contributed by atoms with E-state index in [2.05, 4.69) is 17.9 Å². The first-order chi connectivity index (χ1) is 7.42. The van der Waals surface area contributed by atoms with Crippen molar-refractivity contribution >= 4 is 11.9 Å². The summed E-state index contributed by atoms with van der Waals surface area (Å²) in [6, 6.07) is 0. The molecule has 0 amide bonds. The van der Waals surface area contributed by atoms with E-state index in [1.807, 2.05) is 0 Å². The predicted octanol–water partition coefficient (Wildman–Crippen LogP) is 0.788. The van der Waals surface area contributed by atoms with Crippen LogP contribution in [0.15, 0.2) is 25.3 Å². The van der Waals surface area contributed by atoms with Crippen LogP contribution in [0.3, 0.4) is 0 Å². The first kappa shape index (κ1) is 14.4. The van der Waals surface area contributed by atoms with Crippen molar-refractivity contribution in [3.05, 3.63) is 25.3 Å². The number of aliphatic hydroxyl groups is 1. The van der Waals surface area contributed by atoms with Gasteiger partial charge in [0, 0.05) is 12.2 Å². The van der Waals surface area contributed by atoms with Crippen molar-refractivity contribution in [1.82, 2.24) is 0 Å². The van der Waals surface area contributed by atoms with Gasteiger partial charge in [-0.05, 0) is 6.92 Å². The van der Waals surface area contributed by atoms with Crippen LogP contribution in [0.1, 0.15) is 13.8 Å². The molecule has 90 valence electrons. The van der Waals surface area contributed by atoms with Crippen molar-refractivity contribution in [1.29, 1.82) is 0 Å². The third kappa shape index (κ3) is 4.75. The second kappa shape index (κ2) is 6.79. The largest absolute Gasteiger partial charge is 0.459 e. The third-order valence-corrected chi connectivity index (χ3v) is 2.06. The van der Waals surface area contributed by atoms with Gasteiger partial charge in [-0.3, -0.25) is 0 Å². The number of hydrogen-bond donors (Lipinski definition) is 1. The first-order valence-electron chi connectivity index (χ1n) is 4.76. The van der Waals surface area contributed by atoms with Crippen LogP contribution in [0.25, 0.3) is 0 Å². The van der Waals surface area contributed by atoms with E-state index in [1.54, 1.807) is 13.8 Å². The number of carbonyl (C=O) groups is 2. The standard InChI is InChI=1S/C11H16O5/c1-5-9(12)15-8(4)7(3)11(14)16-10(13)6-2/h5-8,11,14H,1-2H2,3-4H3. The zero-order chi connectivity index (χ0) is 12.7. The molecule has 0 saturated heterocycles. The summed E-state index contributed by atoms with van der Waals surface area (Å²) in [7, 11) is 0. The maximum Gasteiger partial charge on any atom is 0.332 e. The normalized spacial score (nSPS) is 15.4. The van der Waals surface area contributed by atoms with Crippen LogP contribution in [-0.2, 0) is 19.1 Å². The maximum absolute atomic E-state index is 10.9. The quantitative estimate of drug-likeness (QED) is 0.413. The molecule has 0 heterocycles. The lowest BCUT2D eigenvalue weighted by Gasteiger charge is -2.23. The van der Waals surface area contributed by atoms with Crippen LogP contribution >= 0.6 is 0 Å². The summed E-state index contributed by atoms with van der Waals surface area (Å²) >= 11 is 0. The summed E-state index contributed by atoms with van der Waals surface area (Å²) in [6.45, 7) is 9.60. The lowest BCUT2D eigenvalue weighted by molar-refractivity contribution is -0.180. The average Bonchev–Trinajstić information content (AvgIpc) is 2.27. The summed E-state index contributed by atoms with van der Waals surface area (Å²) in [5.41, 5.74) is 0. The molecule has 0 fully saturated rings. The van der Waals surface area contributed by atoms with Gasteiger partial charge in [0.2, 0.25) is 6.29 Å². The van der Waals surface area contributed by atoms with Gasteiger partial charge in [-0.15, -0.1) is 0 Å². The van der Waals surface area contributed by atoms with E-state index in [0.29, 0.717) is 0 Å². The molecule has 0 aliphatic heterocycles. The molecule has 0 rings (SSSR count). The summed E-state index contributed by atoms with van der Waals surface area (Å²) in [4.78, 5) is 21.7. The Bertz CT molecular complexity index is 256. The molecule has 5 heteroatoms. The van der Waals surface area contributed by atoms with E-state index in [4.69, 9.17) is 4.74 Å². The molecule has 0 aromatic heterocycles. The molecule has 0 spiro atoms. The SMILES string of the molecule is C=CC(=O)OC(C)C(C)C(O)OC(=O)C=C. The molecule has 5 nitrogen and oxygen atoms in total. The van der Waals surface area contributed by atoms with Crippen LogP contribution in [-0.4, -0.2) is 29.4 Å². The first-order valence-corrected chi connectivity index (χ1v) is 4.76. The number of ether oxygens (including phenoxy) is 2. The van der Waals surface area contributed by atoms with Crippen molar-refractivity contribution in [3.8, 4) is 0 Å². The molecule has 0 aliphatic rings. The highest BCUT2D eigenvalue weighted by Gasteiger charge is 2.25. The Kier molecular flexibility index (Phi) is 6.10. The Balaban J connectivity index is 4.25. The van der Waals surface area contributed by atoms with E-state index in [1.165, 1.54) is 0 Å². The van der Waals surface area contributed by atoms with Crippen molar-refractivity contribution in [2.45, 2.75) is 26.2 Å². The minimum absolute atomic E-state index is 0.548. The summed E-state index contributed by atoms with van der Waals surface area (Å²) in [5.74, 6) is -1.88. The Morgan fingerprint density at radius 2 is 1.56 bits per heavy atom. The van der Waals surface area contributed by atoms with E-state index in [9.17, 15) is 14.7 Å². The lowest BCUT2D eigenvalue weighted by Crippen LogP contribution is -2.33. The Morgan fingerprint density at radius 3 is 2.00 bits per heavy atom. The van der Waals surface area contributed by atoms with Crippen LogP contribution in [0.5, 0.6) is 0 Å². The van der Waals surface area contributed by atoms with Crippen LogP contribution < -0.4 is 0 Å². The Hall–Kier alpha value is -1.62. The molecule has 0 aromatic rings. The second-order valence-corrected chi connectivity index (χ2v) is 3.24. The Labute approximate surface area is 94.4 Å². The van der Waals surface area contributed by atoms with Gasteiger partial charge in [0.15, 0.2) is 0 Å². The van der Waals surface area contributed by atoms with Crippen molar-refractivity contribution in [3.63, 3.8) is 0 Å². The molecule has 0 bridgehead atoms. The lowest BCUT2D eigenvalue weighted by atomic mass is 10.1. The number of hydrogen-bond acceptors (Lipinski definition) is 5. The van der Waals surface area contributed by atoms with Gasteiger partial charge in [-0.2, -0.15) is 0 Å². The van der Waals surface area contributed by atoms with Gasteiger partial charge in [-0.25, -0.2) is 9.59 Å². The molecule has 1 N–H and O–H groups in total. The Morgan fingerprint density at radius 1 is 1.12 bits per heavy atom. The molecule has 0 radical (unpaired) electrons. The smallest absolute Gasteiger partial charge is 0.332 e. The highest BCUT2D eigenvalue weighted by molar-refractivity contribution is 5.81. The minimum Gasteiger partial charge on any atom is -0.459 e. The second-order valence-electron chi connectivity index (χ2n) is 3.24. The molecule has 0 aliphatic carbocycles. The number of aliphatic hydroxyl groups excluding tert-OH is 1. The zero-order valence-electron chi connectivity index (χ0n) is 9.38. The third-order valence-electron chi connectivity index (χ3n) is 2.06. The van der Waals surface area contributed by atoms with E-state index < -0.39 is 30.3 Å². The average molecular weight is 228 g/mol. The molecular weight excluding hydrogens is 212 g/mol. The predicted molar refractivity (Wildman–Crippen MR) is 57.2 cm³/mol. The molecule has 0 saturated carbocycles. The van der Waals surface area contributed by atoms with Crippen molar-refractivity contribution < 1.29 is 24.2 Å². The number of carbonyl (C=O) groups excluding carboxylic acids is 2. The van der Waals surface area contributed by atoms with Crippen molar-refractivity contribution in [2.24, 2.45) is 5.92 Å². The minimum atomic E-state index is -1.35. The van der Waals surface area contributed by atoms with E-state index in [0.717, 1.165) is 12.2 Å². The van der Waals surface area contributed by atoms with Gasteiger partial charge in [0.1, 0.15) is 6.10 Å². The summed E-state index contributed by atoms with van der Waals surface area (Å²) in [6.07, 6.45) is 0.0121. The summed E-state index contributed by atoms with van der Waals surface area (Å²) in [5, 5.41) is 9.47. The summed E-state index contributed by atoms with van der Waals surface area (Å²) < 4.78 is 9.44. The van der Waals surface area contributed by atoms with Gasteiger partial charge >= 0.3 is 11.9 Å². The monoisotopic (exact) mass is 228 g/mol. The molecule has 0 aromatic carbocycles. The van der Waals surface area contributed by atoms with E-state index >= 15 is 0 Å².